The normalized spacial score (nSPS) is 20.6. The number of allylic oxidation sites excluding steroid dienone is 8. The maximum atomic E-state index is 14.7. The van der Waals surface area contributed by atoms with Crippen molar-refractivity contribution in [2.45, 2.75) is 63.1 Å². The summed E-state index contributed by atoms with van der Waals surface area (Å²) in [5.74, 6) is -7.96. The molecule has 10 aliphatic rings. The van der Waals surface area contributed by atoms with Crippen molar-refractivity contribution < 1.29 is 148 Å². The van der Waals surface area contributed by atoms with E-state index in [2.05, 4.69) is 59.5 Å². The van der Waals surface area contributed by atoms with E-state index in [-0.39, 0.29) is 189 Å². The number of ether oxygens (including phenoxy) is 4. The van der Waals surface area contributed by atoms with Crippen LogP contribution in [0.15, 0.2) is 139 Å². The number of rotatable bonds is 16. The second kappa shape index (κ2) is 41.6. The summed E-state index contributed by atoms with van der Waals surface area (Å²) in [6.07, 6.45) is 20.7. The molecule has 4 amide bonds. The number of ketones is 4. The third kappa shape index (κ3) is 24.6. The average Bonchev–Trinajstić information content (AvgIpc) is 1.60. The Morgan fingerprint density at radius 2 is 0.780 bits per heavy atom. The first kappa shape index (κ1) is 92.1. The van der Waals surface area contributed by atoms with E-state index in [9.17, 15) is 90.3 Å². The van der Waals surface area contributed by atoms with Crippen LogP contribution >= 0.6 is 10.7 Å². The van der Waals surface area contributed by atoms with Gasteiger partial charge in [0.1, 0.15) is 31.0 Å². The molecule has 5 aromatic rings. The zero-order chi connectivity index (χ0) is 85.2. The number of aliphatic hydroxyl groups is 1. The van der Waals surface area contributed by atoms with Gasteiger partial charge in [0.15, 0.2) is 69.7 Å². The van der Waals surface area contributed by atoms with Crippen LogP contribution in [0.25, 0.3) is 26.4 Å². The number of nitrogens with zero attached hydrogens (tertiary/aromatic N) is 17. The topological polar surface area (TPSA) is 435 Å². The SMILES string of the molecule is C1=CC2C=CC1C2.CS(=O)(=O)Cl.CS(=O)(=O)OC[C@H]1CN(c2ccc(N3C=CC(=O)CC3)c(F)c2F)C(=O)O1.O=C1C=CN(c2ccc(N3C[C@H](CO)OC3=O)c(F)c2F)CC1.O=C1C=CN(c2ccc(N3C[C@H](Cn4ccnn4)OC3=O)c(F)c2F)CC1.[N-]=[N+]=NC[C@H]1CN(c2ccc(N3C=CC(=O)CC3)c(F)c2F)C(=O)O1.[N-]=[N+]=[N-].[Na+]. The summed E-state index contributed by atoms with van der Waals surface area (Å²) in [6.45, 7) is 0.0911. The van der Waals surface area contributed by atoms with Gasteiger partial charge in [-0.15, -0.1) is 5.10 Å². The standard InChI is InChI=1S/C17H15F2N5O3.C16H16F2N2O6S.C15H13F2N5O3.C15H14F2N2O4.C7H8.CH3ClO2S.N3.Na/c18-15-13(22-6-3-11(25)4-7-22)1-2-14(16(15)19)24-10-12(27-17(24)26)9-23-8-5-20-21-23;1-27(23,24)25-9-11-8-20(16(22)26-11)13-3-2-12(14(17)15(13)18)19-6-4-10(21)5-7-19;16-13-11(21-5-3-9(23)4-6-21)1-2-12(14(13)17)22-8-10(7-19-20-18)25-15(22)24;16-13-11(18-5-3-9(21)4-6-18)1-2-12(14(13)17)19-7-10(8-20)23-15(19)22;1-2-7-4-3-6(1)5-7;1-5(2,3)4;1-3-2;/h1-3,5-6,8,12H,4,7,9-10H2;2-4,6,11H,5,7-9H2,1H3;1-3,5,10H,4,6-8H2;1-3,5,10,20H,4,6-8H2;1-4,6-7H,5H2;1H3;;/q;;;;;;-1;+1/t12-;11-;2*10-;;;;/m0101..../s1. The monoisotopic (exact) mass is 1720 g/mol. The molecule has 2 bridgehead atoms. The zero-order valence-corrected chi connectivity index (χ0v) is 66.8. The van der Waals surface area contributed by atoms with Gasteiger partial charge in [0, 0.05) is 98.5 Å². The van der Waals surface area contributed by atoms with Crippen LogP contribution in [-0.2, 0) is 68.0 Å². The van der Waals surface area contributed by atoms with Crippen LogP contribution in [0.1, 0.15) is 32.1 Å². The number of hydrogen-bond acceptors (Lipinski definition) is 25. The van der Waals surface area contributed by atoms with Crippen molar-refractivity contribution in [3.8, 4) is 0 Å². The van der Waals surface area contributed by atoms with E-state index in [4.69, 9.17) is 40.6 Å². The summed E-state index contributed by atoms with van der Waals surface area (Å²) in [6, 6.07) is 10.5. The number of azide groups is 1. The number of fused-ring (bicyclic) bond motifs is 2. The fourth-order valence-electron chi connectivity index (χ4n) is 12.3. The number of aromatic nitrogens is 3. The van der Waals surface area contributed by atoms with Crippen LogP contribution in [0.2, 0.25) is 0 Å². The second-order valence-corrected chi connectivity index (χ2v) is 30.8. The Morgan fingerprint density at radius 1 is 0.492 bits per heavy atom. The van der Waals surface area contributed by atoms with Crippen molar-refractivity contribution in [3.05, 3.63) is 207 Å². The molecule has 0 spiro atoms. The fourth-order valence-corrected chi connectivity index (χ4v) is 12.7. The Morgan fingerprint density at radius 3 is 1.05 bits per heavy atom. The van der Waals surface area contributed by atoms with Gasteiger partial charge in [-0.05, 0) is 96.6 Å². The molecule has 2 aliphatic carbocycles. The molecule has 47 heteroatoms. The van der Waals surface area contributed by atoms with Crippen molar-refractivity contribution in [1.82, 2.24) is 15.0 Å². The molecule has 35 nitrogen and oxygen atoms in total. The van der Waals surface area contributed by atoms with Crippen LogP contribution in [0, 0.1) is 58.4 Å². The number of cyclic esters (lactones) is 4. The Balaban J connectivity index is 0.000000184. The summed E-state index contributed by atoms with van der Waals surface area (Å²) < 4.78 is 183. The summed E-state index contributed by atoms with van der Waals surface area (Å²) in [4.78, 5) is 106. The number of benzene rings is 4. The first-order valence-electron chi connectivity index (χ1n) is 34.9. The van der Waals surface area contributed by atoms with Crippen LogP contribution in [0.5, 0.6) is 0 Å². The summed E-state index contributed by atoms with van der Waals surface area (Å²) in [5, 5.41) is 19.8. The molecule has 9 heterocycles. The van der Waals surface area contributed by atoms with E-state index in [1.54, 1.807) is 6.20 Å². The van der Waals surface area contributed by atoms with Crippen LogP contribution < -0.4 is 68.8 Å². The molecule has 1 aromatic heterocycles. The van der Waals surface area contributed by atoms with Gasteiger partial charge in [-0.1, -0.05) is 34.6 Å². The number of aliphatic hydroxyl groups excluding tert-OH is 1. The maximum Gasteiger partial charge on any atom is 1.00 e. The molecule has 118 heavy (non-hydrogen) atoms. The quantitative estimate of drug-likeness (QED) is 0.0114. The number of halogens is 9. The summed E-state index contributed by atoms with van der Waals surface area (Å²) >= 11 is 0. The van der Waals surface area contributed by atoms with E-state index in [0.717, 1.165) is 43.9 Å². The van der Waals surface area contributed by atoms with Gasteiger partial charge in [0.05, 0.1) is 110 Å². The molecule has 0 radical (unpaired) electrons. The van der Waals surface area contributed by atoms with E-state index in [0.29, 0.717) is 0 Å². The minimum atomic E-state index is -3.73. The van der Waals surface area contributed by atoms with Gasteiger partial charge in [-0.25, -0.2) is 67.4 Å². The van der Waals surface area contributed by atoms with Crippen molar-refractivity contribution in [1.29, 1.82) is 0 Å². The number of amides is 4. The molecule has 4 aromatic carbocycles. The number of hydrogen-bond donors (Lipinski definition) is 1. The van der Waals surface area contributed by atoms with Crippen molar-refractivity contribution in [2.75, 3.05) is 124 Å². The third-order valence-electron chi connectivity index (χ3n) is 17.9. The van der Waals surface area contributed by atoms with Gasteiger partial charge in [-0.3, -0.25) is 47.9 Å². The molecular weight excluding hydrogens is 1650 g/mol. The summed E-state index contributed by atoms with van der Waals surface area (Å²) in [5.41, 5.74) is 20.7. The number of anilines is 8. The van der Waals surface area contributed by atoms with Crippen molar-refractivity contribution in [3.63, 3.8) is 0 Å². The van der Waals surface area contributed by atoms with E-state index >= 15 is 0 Å². The molecule has 1 N–H and O–H groups in total. The maximum absolute atomic E-state index is 14.7. The predicted octanol–water partition coefficient (Wildman–Crippen LogP) is 7.71. The molecule has 4 saturated heterocycles. The first-order chi connectivity index (χ1) is 55.6. The first-order valence-corrected chi connectivity index (χ1v) is 39.4. The fraction of sp³-hybridized carbons (Fsp3) is 0.352. The van der Waals surface area contributed by atoms with Gasteiger partial charge in [-0.2, -0.15) is 8.42 Å². The predicted molar refractivity (Wildman–Crippen MR) is 403 cm³/mol. The van der Waals surface area contributed by atoms with Crippen LogP contribution in [0.4, 0.5) is 99.8 Å². The largest absolute Gasteiger partial charge is 1.00 e. The molecule has 622 valence electrons. The minimum absolute atomic E-state index is 0. The van der Waals surface area contributed by atoms with E-state index in [1.807, 2.05) is 0 Å². The Kier molecular flexibility index (Phi) is 32.5. The van der Waals surface area contributed by atoms with Crippen molar-refractivity contribution in [2.24, 2.45) is 17.0 Å². The smallest absolute Gasteiger partial charge is 0.444 e. The van der Waals surface area contributed by atoms with E-state index < -0.39 is 128 Å². The molecule has 4 atom stereocenters. The molecular formula is C71H69ClF8N17NaO18S2. The number of carbonyl (C=O) groups is 8. The van der Waals surface area contributed by atoms with Gasteiger partial charge in [0.2, 0.25) is 9.05 Å². The molecule has 15 rings (SSSR count). The van der Waals surface area contributed by atoms with Crippen LogP contribution in [0.3, 0.4) is 0 Å². The number of carbonyl (C=O) groups excluding carboxylic acids is 8. The third-order valence-corrected chi connectivity index (χ3v) is 18.4. The Hall–Kier alpha value is -11.4. The van der Waals surface area contributed by atoms with Crippen molar-refractivity contribution >= 4 is 123 Å². The van der Waals surface area contributed by atoms with Gasteiger partial charge >= 0.3 is 53.9 Å². The zero-order valence-electron chi connectivity index (χ0n) is 62.4. The average molecular weight is 1720 g/mol. The minimum Gasteiger partial charge on any atom is -0.444 e. The van der Waals surface area contributed by atoms with Gasteiger partial charge < -0.3 is 54.7 Å². The molecule has 0 unspecified atom stereocenters. The van der Waals surface area contributed by atoms with E-state index in [1.165, 1.54) is 139 Å². The molecule has 8 aliphatic heterocycles. The Labute approximate surface area is 693 Å². The molecule has 4 fully saturated rings. The summed E-state index contributed by atoms with van der Waals surface area (Å²) in [7, 11) is -2.42. The Bertz CT molecular complexity index is 5130. The van der Waals surface area contributed by atoms with Crippen LogP contribution in [-0.4, -0.2) is 193 Å². The second-order valence-electron chi connectivity index (χ2n) is 26.1. The molecule has 0 saturated carbocycles. The van der Waals surface area contributed by atoms with Gasteiger partial charge in [0.25, 0.3) is 10.1 Å².